The van der Waals surface area contributed by atoms with Gasteiger partial charge in [-0.05, 0) is 26.4 Å². The summed E-state index contributed by atoms with van der Waals surface area (Å²) in [7, 11) is 2.02. The van der Waals surface area contributed by atoms with Crippen LogP contribution in [0.5, 0.6) is 0 Å². The molecule has 1 aliphatic heterocycles. The first-order chi connectivity index (χ1) is 7.50. The molecule has 0 aromatic heterocycles. The third kappa shape index (κ3) is 3.81. The molecule has 1 rings (SSSR count). The van der Waals surface area contributed by atoms with E-state index in [4.69, 9.17) is 5.11 Å². The van der Waals surface area contributed by atoms with E-state index in [-0.39, 0.29) is 12.5 Å². The maximum absolute atomic E-state index is 11.5. The third-order valence-electron chi connectivity index (χ3n) is 3.12. The molecule has 2 atom stereocenters. The number of amides is 1. The Hall–Kier alpha value is -1.10. The zero-order chi connectivity index (χ0) is 12.1. The van der Waals surface area contributed by atoms with Gasteiger partial charge in [-0.25, -0.2) is 0 Å². The molecule has 5 nitrogen and oxygen atoms in total. The van der Waals surface area contributed by atoms with Gasteiger partial charge in [0.2, 0.25) is 5.91 Å². The molecule has 1 saturated heterocycles. The van der Waals surface area contributed by atoms with E-state index in [9.17, 15) is 9.59 Å². The molecule has 92 valence electrons. The molecule has 1 fully saturated rings. The molecule has 1 amide bonds. The highest BCUT2D eigenvalue weighted by atomic mass is 16.4. The van der Waals surface area contributed by atoms with Crippen LogP contribution in [-0.2, 0) is 9.59 Å². The van der Waals surface area contributed by atoms with Crippen LogP contribution < -0.4 is 5.32 Å². The molecule has 16 heavy (non-hydrogen) atoms. The smallest absolute Gasteiger partial charge is 0.308 e. The van der Waals surface area contributed by atoms with Crippen molar-refractivity contribution < 1.29 is 14.7 Å². The molecule has 0 aromatic rings. The van der Waals surface area contributed by atoms with E-state index < -0.39 is 11.9 Å². The number of nitrogens with zero attached hydrogens (tertiary/aromatic N) is 1. The Labute approximate surface area is 95.8 Å². The Morgan fingerprint density at radius 1 is 1.56 bits per heavy atom. The molecule has 2 unspecified atom stereocenters. The van der Waals surface area contributed by atoms with Crippen molar-refractivity contribution in [2.45, 2.75) is 32.2 Å². The monoisotopic (exact) mass is 228 g/mol. The fourth-order valence-corrected chi connectivity index (χ4v) is 1.88. The first-order valence-corrected chi connectivity index (χ1v) is 5.70. The van der Waals surface area contributed by atoms with Crippen LogP contribution in [0.25, 0.3) is 0 Å². The number of hydrogen-bond donors (Lipinski definition) is 2. The zero-order valence-corrected chi connectivity index (χ0v) is 9.90. The lowest BCUT2D eigenvalue weighted by molar-refractivity contribution is -0.141. The molecular weight excluding hydrogens is 208 g/mol. The van der Waals surface area contributed by atoms with Gasteiger partial charge in [-0.2, -0.15) is 0 Å². The number of carbonyl (C=O) groups excluding carboxylic acids is 1. The van der Waals surface area contributed by atoms with Crippen molar-refractivity contribution in [2.75, 3.05) is 20.1 Å². The molecular formula is C11H20N2O3. The third-order valence-corrected chi connectivity index (χ3v) is 3.12. The second kappa shape index (κ2) is 5.84. The van der Waals surface area contributed by atoms with Gasteiger partial charge in [-0.1, -0.05) is 6.92 Å². The van der Waals surface area contributed by atoms with Gasteiger partial charge in [-0.15, -0.1) is 0 Å². The fourth-order valence-electron chi connectivity index (χ4n) is 1.88. The quantitative estimate of drug-likeness (QED) is 0.710. The van der Waals surface area contributed by atoms with Crippen molar-refractivity contribution in [2.24, 2.45) is 5.92 Å². The summed E-state index contributed by atoms with van der Waals surface area (Å²) in [5.74, 6) is -1.45. The normalized spacial score (nSPS) is 23.0. The predicted molar refractivity (Wildman–Crippen MR) is 60.1 cm³/mol. The summed E-state index contributed by atoms with van der Waals surface area (Å²) in [5.41, 5.74) is 0. The molecule has 2 N–H and O–H groups in total. The van der Waals surface area contributed by atoms with Crippen LogP contribution in [0.4, 0.5) is 0 Å². The average Bonchev–Trinajstić information content (AvgIpc) is 2.60. The van der Waals surface area contributed by atoms with Gasteiger partial charge >= 0.3 is 5.97 Å². The van der Waals surface area contributed by atoms with Crippen LogP contribution in [0.15, 0.2) is 0 Å². The Kier molecular flexibility index (Phi) is 4.73. The summed E-state index contributed by atoms with van der Waals surface area (Å²) in [4.78, 5) is 24.3. The summed E-state index contributed by atoms with van der Waals surface area (Å²) in [5, 5.41) is 11.3. The molecule has 1 heterocycles. The molecule has 0 radical (unpaired) electrons. The lowest BCUT2D eigenvalue weighted by Gasteiger charge is -2.19. The number of carbonyl (C=O) groups is 2. The van der Waals surface area contributed by atoms with Crippen molar-refractivity contribution in [1.82, 2.24) is 10.2 Å². The minimum Gasteiger partial charge on any atom is -0.481 e. The maximum Gasteiger partial charge on any atom is 0.308 e. The maximum atomic E-state index is 11.5. The van der Waals surface area contributed by atoms with Crippen LogP contribution >= 0.6 is 0 Å². The van der Waals surface area contributed by atoms with E-state index >= 15 is 0 Å². The molecule has 1 aliphatic rings. The number of likely N-dealkylation sites (tertiary alicyclic amines) is 1. The Balaban J connectivity index is 2.23. The molecule has 0 spiro atoms. The molecule has 0 aromatic carbocycles. The predicted octanol–water partition coefficient (Wildman–Crippen LogP) is 0.308. The summed E-state index contributed by atoms with van der Waals surface area (Å²) >= 11 is 0. The Morgan fingerprint density at radius 3 is 2.75 bits per heavy atom. The van der Waals surface area contributed by atoms with E-state index in [0.29, 0.717) is 12.5 Å². The lowest BCUT2D eigenvalue weighted by Crippen LogP contribution is -2.36. The number of aliphatic carboxylic acids is 1. The standard InChI is InChI=1S/C11H20N2O3/c1-8(11(15)16)7-12-10(14)6-9-4-3-5-13(9)2/h8-9H,3-7H2,1-2H3,(H,12,14)(H,15,16). The van der Waals surface area contributed by atoms with Crippen molar-refractivity contribution >= 4 is 11.9 Å². The summed E-state index contributed by atoms with van der Waals surface area (Å²) in [6.45, 7) is 2.85. The van der Waals surface area contributed by atoms with Gasteiger partial charge < -0.3 is 15.3 Å². The first-order valence-electron chi connectivity index (χ1n) is 5.70. The van der Waals surface area contributed by atoms with Crippen molar-refractivity contribution in [3.8, 4) is 0 Å². The second-order valence-electron chi connectivity index (χ2n) is 4.52. The zero-order valence-electron chi connectivity index (χ0n) is 9.90. The number of carboxylic acids is 1. The van der Waals surface area contributed by atoms with Gasteiger partial charge in [0.15, 0.2) is 0 Å². The van der Waals surface area contributed by atoms with Gasteiger partial charge in [0.05, 0.1) is 5.92 Å². The van der Waals surface area contributed by atoms with Crippen LogP contribution in [0.3, 0.4) is 0 Å². The van der Waals surface area contributed by atoms with Crippen LogP contribution in [0.2, 0.25) is 0 Å². The minimum atomic E-state index is -0.877. The number of nitrogens with one attached hydrogen (secondary N) is 1. The van der Waals surface area contributed by atoms with E-state index in [2.05, 4.69) is 10.2 Å². The van der Waals surface area contributed by atoms with Gasteiger partial charge in [0.1, 0.15) is 0 Å². The number of hydrogen-bond acceptors (Lipinski definition) is 3. The minimum absolute atomic E-state index is 0.0492. The second-order valence-corrected chi connectivity index (χ2v) is 4.52. The molecule has 0 saturated carbocycles. The fraction of sp³-hybridized carbons (Fsp3) is 0.818. The van der Waals surface area contributed by atoms with Gasteiger partial charge in [0, 0.05) is 19.0 Å². The topological polar surface area (TPSA) is 69.6 Å². The first kappa shape index (κ1) is 13.0. The van der Waals surface area contributed by atoms with Crippen molar-refractivity contribution in [3.05, 3.63) is 0 Å². The van der Waals surface area contributed by atoms with Crippen molar-refractivity contribution in [1.29, 1.82) is 0 Å². The van der Waals surface area contributed by atoms with Crippen LogP contribution in [0, 0.1) is 5.92 Å². The summed E-state index contributed by atoms with van der Waals surface area (Å²) in [6.07, 6.45) is 2.67. The highest BCUT2D eigenvalue weighted by molar-refractivity contribution is 5.77. The van der Waals surface area contributed by atoms with E-state index in [1.54, 1.807) is 6.92 Å². The average molecular weight is 228 g/mol. The number of carboxylic acid groups (broad SMARTS) is 1. The van der Waals surface area contributed by atoms with E-state index in [1.807, 2.05) is 7.05 Å². The van der Waals surface area contributed by atoms with Crippen LogP contribution in [0.1, 0.15) is 26.2 Å². The van der Waals surface area contributed by atoms with E-state index in [1.165, 1.54) is 0 Å². The Bertz CT molecular complexity index is 268. The highest BCUT2D eigenvalue weighted by Gasteiger charge is 2.23. The van der Waals surface area contributed by atoms with Crippen molar-refractivity contribution in [3.63, 3.8) is 0 Å². The summed E-state index contributed by atoms with van der Waals surface area (Å²) < 4.78 is 0. The van der Waals surface area contributed by atoms with Gasteiger partial charge in [0.25, 0.3) is 0 Å². The number of rotatable bonds is 5. The lowest BCUT2D eigenvalue weighted by atomic mass is 10.1. The molecule has 5 heteroatoms. The Morgan fingerprint density at radius 2 is 2.25 bits per heavy atom. The summed E-state index contributed by atoms with van der Waals surface area (Å²) in [6, 6.07) is 0.320. The molecule has 0 bridgehead atoms. The highest BCUT2D eigenvalue weighted by Crippen LogP contribution is 2.17. The van der Waals surface area contributed by atoms with Gasteiger partial charge in [-0.3, -0.25) is 9.59 Å². The molecule has 0 aliphatic carbocycles. The largest absolute Gasteiger partial charge is 0.481 e. The van der Waals surface area contributed by atoms with Crippen LogP contribution in [-0.4, -0.2) is 48.1 Å². The van der Waals surface area contributed by atoms with E-state index in [0.717, 1.165) is 19.4 Å². The SMILES string of the molecule is CC(CNC(=O)CC1CCCN1C)C(=O)O.